The molecule has 0 heterocycles. The van der Waals surface area contributed by atoms with Gasteiger partial charge in [0.05, 0.1) is 13.2 Å². The van der Waals surface area contributed by atoms with Crippen molar-refractivity contribution in [3.05, 3.63) is 30.3 Å². The first-order chi connectivity index (χ1) is 6.38. The van der Waals surface area contributed by atoms with Crippen molar-refractivity contribution in [1.82, 2.24) is 0 Å². The molecule has 0 amide bonds. The lowest BCUT2D eigenvalue weighted by atomic mass is 10.3. The molecule has 0 unspecified atom stereocenters. The number of rotatable bonds is 5. The number of aliphatic hydroxyl groups is 2. The Labute approximate surface area is 78.2 Å². The highest BCUT2D eigenvalue weighted by atomic mass is 16.3. The molecule has 0 saturated heterocycles. The van der Waals surface area contributed by atoms with Crippen molar-refractivity contribution in [2.75, 3.05) is 31.2 Å². The van der Waals surface area contributed by atoms with Crippen LogP contribution in [0.1, 0.15) is 0 Å². The van der Waals surface area contributed by atoms with Gasteiger partial charge in [-0.2, -0.15) is 0 Å². The topological polar surface area (TPSA) is 43.7 Å². The fourth-order valence-corrected chi connectivity index (χ4v) is 1.17. The van der Waals surface area contributed by atoms with Crippen LogP contribution in [0.4, 0.5) is 5.69 Å². The van der Waals surface area contributed by atoms with Gasteiger partial charge in [-0.3, -0.25) is 0 Å². The number of hydrogen-bond donors (Lipinski definition) is 2. The number of anilines is 1. The molecule has 71 valence electrons. The van der Waals surface area contributed by atoms with E-state index in [0.29, 0.717) is 13.1 Å². The highest BCUT2D eigenvalue weighted by molar-refractivity contribution is 5.44. The molecule has 0 spiro atoms. The molecule has 0 bridgehead atoms. The maximum absolute atomic E-state index is 8.79. The van der Waals surface area contributed by atoms with E-state index in [1.54, 1.807) is 0 Å². The van der Waals surface area contributed by atoms with Crippen molar-refractivity contribution in [2.45, 2.75) is 0 Å². The summed E-state index contributed by atoms with van der Waals surface area (Å²) < 4.78 is 0. The van der Waals surface area contributed by atoms with Crippen LogP contribution in [0.15, 0.2) is 24.3 Å². The predicted octanol–water partition coefficient (Wildman–Crippen LogP) is 0.278. The van der Waals surface area contributed by atoms with Crippen molar-refractivity contribution in [1.29, 1.82) is 0 Å². The minimum atomic E-state index is 0.0860. The van der Waals surface area contributed by atoms with Gasteiger partial charge in [0.1, 0.15) is 0 Å². The molecule has 3 nitrogen and oxygen atoms in total. The van der Waals surface area contributed by atoms with Crippen LogP contribution in [-0.4, -0.2) is 36.5 Å². The second-order valence-corrected chi connectivity index (χ2v) is 2.68. The Bertz CT molecular complexity index is 220. The van der Waals surface area contributed by atoms with Crippen molar-refractivity contribution in [3.63, 3.8) is 0 Å². The first-order valence-corrected chi connectivity index (χ1v) is 4.32. The molecule has 2 N–H and O–H groups in total. The quantitative estimate of drug-likeness (QED) is 0.684. The van der Waals surface area contributed by atoms with E-state index in [4.69, 9.17) is 10.2 Å². The van der Waals surface area contributed by atoms with E-state index in [1.165, 1.54) is 0 Å². The van der Waals surface area contributed by atoms with E-state index in [9.17, 15) is 0 Å². The third-order valence-corrected chi connectivity index (χ3v) is 1.77. The van der Waals surface area contributed by atoms with Crippen molar-refractivity contribution >= 4 is 5.69 Å². The molecule has 1 radical (unpaired) electrons. The van der Waals surface area contributed by atoms with Gasteiger partial charge in [-0.05, 0) is 6.07 Å². The lowest BCUT2D eigenvalue weighted by molar-refractivity contribution is 0.281. The van der Waals surface area contributed by atoms with E-state index >= 15 is 0 Å². The Hall–Kier alpha value is -1.06. The van der Waals surface area contributed by atoms with E-state index in [-0.39, 0.29) is 13.2 Å². The smallest absolute Gasteiger partial charge is 0.0606 e. The maximum atomic E-state index is 8.79. The van der Waals surface area contributed by atoms with Crippen LogP contribution >= 0.6 is 0 Å². The summed E-state index contributed by atoms with van der Waals surface area (Å²) in [4.78, 5) is 1.89. The van der Waals surface area contributed by atoms with Gasteiger partial charge in [-0.15, -0.1) is 0 Å². The van der Waals surface area contributed by atoms with Gasteiger partial charge in [0.25, 0.3) is 0 Å². The summed E-state index contributed by atoms with van der Waals surface area (Å²) in [5.41, 5.74) is 0.908. The molecule has 3 heteroatoms. The van der Waals surface area contributed by atoms with Gasteiger partial charge in [-0.25, -0.2) is 0 Å². The molecule has 0 fully saturated rings. The zero-order valence-corrected chi connectivity index (χ0v) is 7.48. The Morgan fingerprint density at radius 1 is 1.15 bits per heavy atom. The van der Waals surface area contributed by atoms with Crippen LogP contribution in [0.2, 0.25) is 0 Å². The minimum absolute atomic E-state index is 0.0860. The lowest BCUT2D eigenvalue weighted by Gasteiger charge is -2.22. The molecule has 13 heavy (non-hydrogen) atoms. The summed E-state index contributed by atoms with van der Waals surface area (Å²) in [5.74, 6) is 0. The summed E-state index contributed by atoms with van der Waals surface area (Å²) in [6, 6.07) is 10.6. The molecule has 1 aromatic carbocycles. The van der Waals surface area contributed by atoms with Crippen LogP contribution in [0, 0.1) is 6.07 Å². The molecule has 0 atom stereocenters. The molecular weight excluding hydrogens is 166 g/mol. The van der Waals surface area contributed by atoms with E-state index in [2.05, 4.69) is 6.07 Å². The third-order valence-electron chi connectivity index (χ3n) is 1.77. The summed E-state index contributed by atoms with van der Waals surface area (Å²) in [6.45, 7) is 1.23. The van der Waals surface area contributed by atoms with Crippen LogP contribution in [-0.2, 0) is 0 Å². The molecule has 1 aromatic rings. The monoisotopic (exact) mass is 180 g/mol. The normalized spacial score (nSPS) is 10.0. The largest absolute Gasteiger partial charge is 0.395 e. The summed E-state index contributed by atoms with van der Waals surface area (Å²) >= 11 is 0. The Kier molecular flexibility index (Phi) is 4.29. The van der Waals surface area contributed by atoms with Crippen LogP contribution in [0.25, 0.3) is 0 Å². The number of benzene rings is 1. The molecule has 0 aromatic heterocycles. The molecule has 0 aliphatic heterocycles. The van der Waals surface area contributed by atoms with Crippen LogP contribution in [0.5, 0.6) is 0 Å². The number of para-hydroxylation sites is 1. The van der Waals surface area contributed by atoms with Gasteiger partial charge in [-0.1, -0.05) is 18.2 Å². The molecule has 1 rings (SSSR count). The SMILES string of the molecule is OCCN(CCO)c1[c]cccc1. The first-order valence-electron chi connectivity index (χ1n) is 4.32. The van der Waals surface area contributed by atoms with Gasteiger partial charge < -0.3 is 15.1 Å². The summed E-state index contributed by atoms with van der Waals surface area (Å²) in [6.07, 6.45) is 0. The van der Waals surface area contributed by atoms with Crippen molar-refractivity contribution in [2.24, 2.45) is 0 Å². The van der Waals surface area contributed by atoms with E-state index in [0.717, 1.165) is 5.69 Å². The lowest BCUT2D eigenvalue weighted by Crippen LogP contribution is -2.29. The fraction of sp³-hybridized carbons (Fsp3) is 0.400. The fourth-order valence-electron chi connectivity index (χ4n) is 1.17. The van der Waals surface area contributed by atoms with E-state index < -0.39 is 0 Å². The molecule has 0 aliphatic rings. The van der Waals surface area contributed by atoms with Gasteiger partial charge in [0, 0.05) is 24.8 Å². The Morgan fingerprint density at radius 3 is 2.31 bits per heavy atom. The maximum Gasteiger partial charge on any atom is 0.0606 e. The summed E-state index contributed by atoms with van der Waals surface area (Å²) in [7, 11) is 0. The highest BCUT2D eigenvalue weighted by Gasteiger charge is 2.03. The van der Waals surface area contributed by atoms with Gasteiger partial charge in [0.2, 0.25) is 0 Å². The third kappa shape index (κ3) is 3.05. The number of hydrogen-bond acceptors (Lipinski definition) is 3. The predicted molar refractivity (Wildman–Crippen MR) is 51.7 cm³/mol. The Balaban J connectivity index is 2.64. The average Bonchev–Trinajstić information content (AvgIpc) is 2.19. The van der Waals surface area contributed by atoms with E-state index in [1.807, 2.05) is 29.2 Å². The molecule has 0 saturated carbocycles. The average molecular weight is 180 g/mol. The van der Waals surface area contributed by atoms with Crippen LogP contribution in [0.3, 0.4) is 0 Å². The molecule has 0 aliphatic carbocycles. The van der Waals surface area contributed by atoms with Crippen molar-refractivity contribution < 1.29 is 10.2 Å². The molecular formula is C10H14NO2. The second-order valence-electron chi connectivity index (χ2n) is 2.68. The van der Waals surface area contributed by atoms with Gasteiger partial charge >= 0.3 is 0 Å². The Morgan fingerprint density at radius 2 is 1.85 bits per heavy atom. The zero-order chi connectivity index (χ0) is 9.52. The number of aliphatic hydroxyl groups excluding tert-OH is 2. The summed E-state index contributed by atoms with van der Waals surface area (Å²) in [5, 5.41) is 17.6. The van der Waals surface area contributed by atoms with Gasteiger partial charge in [0.15, 0.2) is 0 Å². The minimum Gasteiger partial charge on any atom is -0.395 e. The second kappa shape index (κ2) is 5.56. The zero-order valence-electron chi connectivity index (χ0n) is 7.48. The highest BCUT2D eigenvalue weighted by Crippen LogP contribution is 2.10. The first kappa shape index (κ1) is 10.0. The van der Waals surface area contributed by atoms with Crippen LogP contribution < -0.4 is 4.90 Å². The van der Waals surface area contributed by atoms with Crippen molar-refractivity contribution in [3.8, 4) is 0 Å². The number of nitrogens with zero attached hydrogens (tertiary/aromatic N) is 1. The standard InChI is InChI=1S/C10H14NO2/c12-8-6-11(7-9-13)10-4-2-1-3-5-10/h1-4,12-13H,6-9H2.